The molecule has 3 aliphatic rings. The Bertz CT molecular complexity index is 768. The van der Waals surface area contributed by atoms with Gasteiger partial charge in [-0.25, -0.2) is 4.79 Å². The van der Waals surface area contributed by atoms with Crippen molar-refractivity contribution in [1.82, 2.24) is 4.90 Å². The van der Waals surface area contributed by atoms with Gasteiger partial charge in [-0.05, 0) is 43.8 Å². The van der Waals surface area contributed by atoms with Gasteiger partial charge in [0.2, 0.25) is 11.7 Å². The molecule has 27 heavy (non-hydrogen) atoms. The van der Waals surface area contributed by atoms with Crippen molar-refractivity contribution in [2.24, 2.45) is 0 Å². The van der Waals surface area contributed by atoms with Crippen LogP contribution < -0.4 is 0 Å². The standard InChI is InChI=1S/C20H25NO6/c1-5-13-10-11-19-14(8-7-9-15(22)21(13)19)12(3)17(24)20(19,18(25)26-4)27-16(23)6-2/h5,13H,1,6-11H2,2-4H3/t13-,19-,20+/m0/s1. The Labute approximate surface area is 158 Å². The van der Waals surface area contributed by atoms with Crippen LogP contribution in [0, 0.1) is 0 Å². The highest BCUT2D eigenvalue weighted by atomic mass is 16.6. The van der Waals surface area contributed by atoms with Crippen molar-refractivity contribution in [3.63, 3.8) is 0 Å². The quantitative estimate of drug-likeness (QED) is 0.423. The molecule has 7 nitrogen and oxygen atoms in total. The largest absolute Gasteiger partial charge is 0.466 e. The highest BCUT2D eigenvalue weighted by molar-refractivity contribution is 6.21. The fourth-order valence-corrected chi connectivity index (χ4v) is 5.02. The summed E-state index contributed by atoms with van der Waals surface area (Å²) in [7, 11) is 1.16. The van der Waals surface area contributed by atoms with Gasteiger partial charge >= 0.3 is 11.9 Å². The van der Waals surface area contributed by atoms with Crippen LogP contribution in [-0.2, 0) is 28.7 Å². The summed E-state index contributed by atoms with van der Waals surface area (Å²) < 4.78 is 10.6. The highest BCUT2D eigenvalue weighted by Gasteiger charge is 2.76. The molecule has 3 atom stereocenters. The molecule has 2 heterocycles. The first-order chi connectivity index (χ1) is 12.8. The van der Waals surface area contributed by atoms with Crippen LogP contribution >= 0.6 is 0 Å². The number of Topliss-reactive ketones (excluding diaryl/α,β-unsaturated/α-hetero) is 1. The lowest BCUT2D eigenvalue weighted by atomic mass is 9.74. The SMILES string of the molecule is C=C[C@H]1CC[C@]23C(=C(C)C(=O)[C@@]2(OC(=O)CC)C(=O)OC)CCCC(=O)N13. The third-order valence-corrected chi connectivity index (χ3v) is 6.13. The van der Waals surface area contributed by atoms with E-state index in [9.17, 15) is 19.2 Å². The number of hydrogen-bond donors (Lipinski definition) is 0. The minimum Gasteiger partial charge on any atom is -0.466 e. The van der Waals surface area contributed by atoms with E-state index in [1.807, 2.05) is 0 Å². The molecule has 0 bridgehead atoms. The Morgan fingerprint density at radius 2 is 2.04 bits per heavy atom. The van der Waals surface area contributed by atoms with E-state index in [1.54, 1.807) is 24.8 Å². The number of hydrogen-bond acceptors (Lipinski definition) is 6. The van der Waals surface area contributed by atoms with E-state index in [4.69, 9.17) is 9.47 Å². The Kier molecular flexibility index (Phi) is 4.74. The van der Waals surface area contributed by atoms with Gasteiger partial charge in [0.1, 0.15) is 5.54 Å². The number of carbonyl (C=O) groups is 4. The molecule has 2 saturated heterocycles. The average molecular weight is 375 g/mol. The first-order valence-electron chi connectivity index (χ1n) is 9.31. The molecule has 0 aromatic carbocycles. The fourth-order valence-electron chi connectivity index (χ4n) is 5.02. The molecule has 1 amide bonds. The summed E-state index contributed by atoms with van der Waals surface area (Å²) >= 11 is 0. The molecule has 1 aliphatic carbocycles. The topological polar surface area (TPSA) is 90.0 Å². The molecular weight excluding hydrogens is 350 g/mol. The predicted octanol–water partition coefficient (Wildman–Crippen LogP) is 1.85. The molecule has 0 N–H and O–H groups in total. The summed E-state index contributed by atoms with van der Waals surface area (Å²) in [6.07, 6.45) is 3.87. The van der Waals surface area contributed by atoms with Gasteiger partial charge in [-0.3, -0.25) is 14.4 Å². The van der Waals surface area contributed by atoms with Gasteiger partial charge in [0.25, 0.3) is 5.60 Å². The van der Waals surface area contributed by atoms with Crippen LogP contribution in [0.5, 0.6) is 0 Å². The van der Waals surface area contributed by atoms with Crippen molar-refractivity contribution in [1.29, 1.82) is 0 Å². The van der Waals surface area contributed by atoms with Gasteiger partial charge in [0.05, 0.1) is 13.2 Å². The van der Waals surface area contributed by atoms with E-state index in [2.05, 4.69) is 6.58 Å². The molecule has 0 aromatic heterocycles. The number of esters is 2. The Morgan fingerprint density at radius 1 is 1.33 bits per heavy atom. The van der Waals surface area contributed by atoms with Gasteiger partial charge in [0, 0.05) is 12.8 Å². The number of rotatable bonds is 4. The maximum absolute atomic E-state index is 13.4. The Morgan fingerprint density at radius 3 is 2.63 bits per heavy atom. The van der Waals surface area contributed by atoms with Gasteiger partial charge in [-0.1, -0.05) is 13.0 Å². The molecule has 2 aliphatic heterocycles. The molecule has 1 spiro atoms. The van der Waals surface area contributed by atoms with Crippen molar-refractivity contribution in [2.45, 2.75) is 69.6 Å². The van der Waals surface area contributed by atoms with Crippen molar-refractivity contribution < 1.29 is 28.7 Å². The summed E-state index contributed by atoms with van der Waals surface area (Å²) in [4.78, 5) is 53.3. The van der Waals surface area contributed by atoms with E-state index in [0.29, 0.717) is 43.3 Å². The second-order valence-corrected chi connectivity index (χ2v) is 7.25. The summed E-state index contributed by atoms with van der Waals surface area (Å²) in [6, 6.07) is -0.339. The third kappa shape index (κ3) is 2.26. The summed E-state index contributed by atoms with van der Waals surface area (Å²) in [5, 5.41) is 0. The maximum Gasteiger partial charge on any atom is 0.361 e. The molecule has 146 valence electrons. The smallest absolute Gasteiger partial charge is 0.361 e. The fraction of sp³-hybridized carbons (Fsp3) is 0.600. The highest BCUT2D eigenvalue weighted by Crippen LogP contribution is 2.57. The lowest BCUT2D eigenvalue weighted by molar-refractivity contribution is -0.196. The van der Waals surface area contributed by atoms with Gasteiger partial charge in [-0.15, -0.1) is 6.58 Å². The zero-order chi connectivity index (χ0) is 20.0. The van der Waals surface area contributed by atoms with Gasteiger partial charge in [-0.2, -0.15) is 0 Å². The van der Waals surface area contributed by atoms with Crippen molar-refractivity contribution in [3.8, 4) is 0 Å². The average Bonchev–Trinajstić information content (AvgIpc) is 3.08. The van der Waals surface area contributed by atoms with E-state index in [-0.39, 0.29) is 18.4 Å². The van der Waals surface area contributed by atoms with Crippen LogP contribution in [0.3, 0.4) is 0 Å². The van der Waals surface area contributed by atoms with Crippen LogP contribution in [-0.4, -0.2) is 52.8 Å². The zero-order valence-electron chi connectivity index (χ0n) is 16.0. The first kappa shape index (κ1) is 19.3. The monoisotopic (exact) mass is 375 g/mol. The van der Waals surface area contributed by atoms with E-state index in [1.165, 1.54) is 0 Å². The van der Waals surface area contributed by atoms with Gasteiger partial charge in [0.15, 0.2) is 0 Å². The second-order valence-electron chi connectivity index (χ2n) is 7.25. The molecule has 0 aromatic rings. The second kappa shape index (κ2) is 6.62. The lowest BCUT2D eigenvalue weighted by Gasteiger charge is -2.46. The number of carbonyl (C=O) groups excluding carboxylic acids is 4. The van der Waals surface area contributed by atoms with Crippen LogP contribution in [0.2, 0.25) is 0 Å². The number of ketones is 1. The molecule has 0 unspecified atom stereocenters. The molecule has 0 radical (unpaired) electrons. The van der Waals surface area contributed by atoms with Crippen molar-refractivity contribution >= 4 is 23.6 Å². The van der Waals surface area contributed by atoms with Crippen molar-refractivity contribution in [2.75, 3.05) is 7.11 Å². The maximum atomic E-state index is 13.4. The molecule has 3 rings (SSSR count). The summed E-state index contributed by atoms with van der Waals surface area (Å²) in [5.41, 5.74) is -2.43. The van der Waals surface area contributed by atoms with Crippen LogP contribution in [0.25, 0.3) is 0 Å². The number of nitrogens with zero attached hydrogens (tertiary/aromatic N) is 1. The minimum atomic E-state index is -2.19. The minimum absolute atomic E-state index is 0.00464. The molecular formula is C20H25NO6. The number of amides is 1. The molecule has 2 fully saturated rings. The summed E-state index contributed by atoms with van der Waals surface area (Å²) in [6.45, 7) is 7.04. The van der Waals surface area contributed by atoms with E-state index < -0.39 is 28.9 Å². The lowest BCUT2D eigenvalue weighted by Crippen LogP contribution is -2.70. The molecule has 0 saturated carbocycles. The third-order valence-electron chi connectivity index (χ3n) is 6.13. The van der Waals surface area contributed by atoms with Crippen LogP contribution in [0.1, 0.15) is 52.4 Å². The predicted molar refractivity (Wildman–Crippen MR) is 95.5 cm³/mol. The first-order valence-corrected chi connectivity index (χ1v) is 9.31. The van der Waals surface area contributed by atoms with Gasteiger partial charge < -0.3 is 14.4 Å². The zero-order valence-corrected chi connectivity index (χ0v) is 16.0. The van der Waals surface area contributed by atoms with E-state index in [0.717, 1.165) is 7.11 Å². The van der Waals surface area contributed by atoms with Crippen LogP contribution in [0.15, 0.2) is 23.8 Å². The number of methoxy groups -OCH3 is 1. The van der Waals surface area contributed by atoms with E-state index >= 15 is 0 Å². The Hall–Kier alpha value is -2.44. The van der Waals surface area contributed by atoms with Crippen molar-refractivity contribution in [3.05, 3.63) is 23.8 Å². The normalized spacial score (nSPS) is 32.7. The Balaban J connectivity index is 2.34. The molecule has 7 heteroatoms. The van der Waals surface area contributed by atoms with Crippen LogP contribution in [0.4, 0.5) is 0 Å². The summed E-state index contributed by atoms with van der Waals surface area (Å²) in [5.74, 6) is -2.38. The number of ether oxygens (including phenoxy) is 2.